The summed E-state index contributed by atoms with van der Waals surface area (Å²) < 4.78 is 11.4. The van der Waals surface area contributed by atoms with Crippen LogP contribution in [0.2, 0.25) is 0 Å². The zero-order valence-electron chi connectivity index (χ0n) is 19.2. The number of rotatable bonds is 13. The van der Waals surface area contributed by atoms with Gasteiger partial charge in [-0.25, -0.2) is 0 Å². The van der Waals surface area contributed by atoms with E-state index in [9.17, 15) is 14.4 Å². The van der Waals surface area contributed by atoms with Crippen LogP contribution in [-0.2, 0) is 14.3 Å². The van der Waals surface area contributed by atoms with Crippen molar-refractivity contribution in [1.29, 1.82) is 0 Å². The third-order valence-corrected chi connectivity index (χ3v) is 6.45. The van der Waals surface area contributed by atoms with Gasteiger partial charge in [0.2, 0.25) is 5.91 Å². The monoisotopic (exact) mass is 558 g/mol. The average Bonchev–Trinajstić information content (AvgIpc) is 2.78. The van der Waals surface area contributed by atoms with Crippen molar-refractivity contribution in [3.8, 4) is 5.75 Å². The van der Waals surface area contributed by atoms with E-state index in [1.807, 2.05) is 0 Å². The van der Waals surface area contributed by atoms with Gasteiger partial charge in [-0.3, -0.25) is 14.4 Å². The maximum Gasteiger partial charge on any atom is 0.308 e. The van der Waals surface area contributed by atoms with Crippen LogP contribution in [0.15, 0.2) is 18.2 Å². The summed E-state index contributed by atoms with van der Waals surface area (Å²) in [6.07, 6.45) is 9.18. The first kappa shape index (κ1) is 26.4. The normalized spacial score (nSPS) is 15.9. The highest BCUT2D eigenvalue weighted by Gasteiger charge is 2.35. The Morgan fingerprint density at radius 2 is 1.81 bits per heavy atom. The Morgan fingerprint density at radius 3 is 2.47 bits per heavy atom. The Morgan fingerprint density at radius 1 is 1.12 bits per heavy atom. The summed E-state index contributed by atoms with van der Waals surface area (Å²) in [5.74, 6) is -0.366. The molecule has 0 bridgehead atoms. The van der Waals surface area contributed by atoms with Crippen LogP contribution in [0, 0.1) is 3.57 Å². The Balaban J connectivity index is 1.83. The van der Waals surface area contributed by atoms with E-state index in [1.165, 1.54) is 37.0 Å². The average molecular weight is 558 g/mol. The van der Waals surface area contributed by atoms with Gasteiger partial charge in [0, 0.05) is 18.7 Å². The lowest BCUT2D eigenvalue weighted by molar-refractivity contribution is -0.147. The molecule has 1 unspecified atom stereocenters. The third-order valence-electron chi connectivity index (χ3n) is 5.61. The van der Waals surface area contributed by atoms with Crippen LogP contribution >= 0.6 is 22.6 Å². The SMILES string of the molecule is CCCCCCCCCCOC(=O)CC1C(=O)NCCN1C(=O)c1ccc(OC)c(I)c1. The Bertz CT molecular complexity index is 771. The van der Waals surface area contributed by atoms with Crippen molar-refractivity contribution in [2.24, 2.45) is 0 Å². The van der Waals surface area contributed by atoms with E-state index in [0.717, 1.165) is 22.8 Å². The van der Waals surface area contributed by atoms with Gasteiger partial charge in [0.1, 0.15) is 11.8 Å². The molecular weight excluding hydrogens is 523 g/mol. The molecule has 1 aromatic rings. The molecule has 0 aromatic heterocycles. The number of ether oxygens (including phenoxy) is 2. The van der Waals surface area contributed by atoms with Crippen LogP contribution in [-0.4, -0.2) is 55.5 Å². The summed E-state index contributed by atoms with van der Waals surface area (Å²) in [6.45, 7) is 3.28. The van der Waals surface area contributed by atoms with E-state index in [2.05, 4.69) is 34.8 Å². The molecule has 0 radical (unpaired) electrons. The van der Waals surface area contributed by atoms with Crippen molar-refractivity contribution in [1.82, 2.24) is 10.2 Å². The number of nitrogens with one attached hydrogen (secondary N) is 1. The maximum absolute atomic E-state index is 13.1. The Kier molecular flexibility index (Phi) is 11.8. The van der Waals surface area contributed by atoms with Gasteiger partial charge in [-0.15, -0.1) is 0 Å². The molecule has 2 amide bonds. The van der Waals surface area contributed by atoms with Gasteiger partial charge < -0.3 is 19.7 Å². The van der Waals surface area contributed by atoms with Crippen molar-refractivity contribution >= 4 is 40.4 Å². The van der Waals surface area contributed by atoms with Crippen molar-refractivity contribution in [2.75, 3.05) is 26.8 Å². The number of esters is 1. The molecule has 1 atom stereocenters. The van der Waals surface area contributed by atoms with Gasteiger partial charge in [-0.1, -0.05) is 51.9 Å². The van der Waals surface area contributed by atoms with E-state index in [4.69, 9.17) is 9.47 Å². The van der Waals surface area contributed by atoms with Crippen molar-refractivity contribution < 1.29 is 23.9 Å². The number of carbonyl (C=O) groups is 3. The lowest BCUT2D eigenvalue weighted by Gasteiger charge is -2.34. The van der Waals surface area contributed by atoms with Crippen LogP contribution in [0.3, 0.4) is 0 Å². The first-order chi connectivity index (χ1) is 15.5. The van der Waals surface area contributed by atoms with E-state index in [-0.39, 0.29) is 18.2 Å². The molecule has 0 spiro atoms. The van der Waals surface area contributed by atoms with Crippen LogP contribution in [0.25, 0.3) is 0 Å². The Labute approximate surface area is 204 Å². The summed E-state index contributed by atoms with van der Waals surface area (Å²) in [4.78, 5) is 39.3. The number of amides is 2. The van der Waals surface area contributed by atoms with Gasteiger partial charge >= 0.3 is 5.97 Å². The smallest absolute Gasteiger partial charge is 0.308 e. The van der Waals surface area contributed by atoms with E-state index < -0.39 is 12.0 Å². The minimum absolute atomic E-state index is 0.137. The fraction of sp³-hybridized carbons (Fsp3) is 0.625. The molecule has 0 saturated carbocycles. The second-order valence-electron chi connectivity index (χ2n) is 8.05. The molecule has 32 heavy (non-hydrogen) atoms. The van der Waals surface area contributed by atoms with Crippen molar-refractivity contribution in [3.63, 3.8) is 0 Å². The maximum atomic E-state index is 13.1. The number of nitrogens with zero attached hydrogens (tertiary/aromatic N) is 1. The topological polar surface area (TPSA) is 84.9 Å². The van der Waals surface area contributed by atoms with Crippen LogP contribution in [0.4, 0.5) is 0 Å². The van der Waals surface area contributed by atoms with Crippen LogP contribution < -0.4 is 10.1 Å². The summed E-state index contributed by atoms with van der Waals surface area (Å²) in [7, 11) is 1.57. The highest BCUT2D eigenvalue weighted by molar-refractivity contribution is 14.1. The quantitative estimate of drug-likeness (QED) is 0.222. The molecule has 1 heterocycles. The van der Waals surface area contributed by atoms with E-state index in [0.29, 0.717) is 31.0 Å². The van der Waals surface area contributed by atoms with Gasteiger partial charge in [0.15, 0.2) is 0 Å². The predicted molar refractivity (Wildman–Crippen MR) is 132 cm³/mol. The molecular formula is C24H35IN2O5. The molecule has 1 aliphatic rings. The summed E-state index contributed by atoms with van der Waals surface area (Å²) >= 11 is 2.10. The number of benzene rings is 1. The first-order valence-electron chi connectivity index (χ1n) is 11.6. The summed E-state index contributed by atoms with van der Waals surface area (Å²) in [5, 5.41) is 2.75. The van der Waals surface area contributed by atoms with E-state index in [1.54, 1.807) is 25.3 Å². The molecule has 1 saturated heterocycles. The highest BCUT2D eigenvalue weighted by atomic mass is 127. The van der Waals surface area contributed by atoms with Crippen molar-refractivity contribution in [2.45, 2.75) is 70.8 Å². The van der Waals surface area contributed by atoms with Crippen molar-refractivity contribution in [3.05, 3.63) is 27.3 Å². The minimum atomic E-state index is -0.859. The van der Waals surface area contributed by atoms with Crippen LogP contribution in [0.5, 0.6) is 5.75 Å². The molecule has 1 N–H and O–H groups in total. The zero-order chi connectivity index (χ0) is 23.3. The molecule has 1 aromatic carbocycles. The molecule has 1 aliphatic heterocycles. The number of unbranched alkanes of at least 4 members (excludes halogenated alkanes) is 7. The molecule has 1 fully saturated rings. The Hall–Kier alpha value is -1.84. The second-order valence-corrected chi connectivity index (χ2v) is 9.22. The molecule has 8 heteroatoms. The standard InChI is InChI=1S/C24H35IN2O5/c1-3-4-5-6-7-8-9-10-15-32-22(28)17-20-23(29)26-13-14-27(20)24(30)18-11-12-21(31-2)19(25)16-18/h11-12,16,20H,3-10,13-15,17H2,1-2H3,(H,26,29). The number of carbonyl (C=O) groups excluding carboxylic acids is 3. The minimum Gasteiger partial charge on any atom is -0.496 e. The predicted octanol–water partition coefficient (Wildman–Crippen LogP) is 4.31. The fourth-order valence-electron chi connectivity index (χ4n) is 3.76. The summed E-state index contributed by atoms with van der Waals surface area (Å²) in [5.41, 5.74) is 0.460. The lowest BCUT2D eigenvalue weighted by atomic mass is 10.1. The van der Waals surface area contributed by atoms with Crippen LogP contribution in [0.1, 0.15) is 75.1 Å². The highest BCUT2D eigenvalue weighted by Crippen LogP contribution is 2.23. The van der Waals surface area contributed by atoms with Gasteiger partial charge in [-0.05, 0) is 47.2 Å². The molecule has 7 nitrogen and oxygen atoms in total. The summed E-state index contributed by atoms with van der Waals surface area (Å²) in [6, 6.07) is 4.27. The number of methoxy groups -OCH3 is 1. The lowest BCUT2D eigenvalue weighted by Crippen LogP contribution is -2.57. The molecule has 2 rings (SSSR count). The fourth-order valence-corrected chi connectivity index (χ4v) is 4.50. The van der Waals surface area contributed by atoms with Gasteiger partial charge in [-0.2, -0.15) is 0 Å². The van der Waals surface area contributed by atoms with Gasteiger partial charge in [0.05, 0.1) is 23.7 Å². The van der Waals surface area contributed by atoms with E-state index >= 15 is 0 Å². The molecule has 178 valence electrons. The number of hydrogen-bond acceptors (Lipinski definition) is 5. The molecule has 0 aliphatic carbocycles. The third kappa shape index (κ3) is 8.26. The first-order valence-corrected chi connectivity index (χ1v) is 12.6. The van der Waals surface area contributed by atoms with Gasteiger partial charge in [0.25, 0.3) is 5.91 Å². The number of piperazine rings is 1. The largest absolute Gasteiger partial charge is 0.496 e. The zero-order valence-corrected chi connectivity index (χ0v) is 21.3. The second kappa shape index (κ2) is 14.3. The number of halogens is 1. The number of hydrogen-bond donors (Lipinski definition) is 1.